The molecule has 1 aliphatic rings. The molecule has 0 radical (unpaired) electrons. The summed E-state index contributed by atoms with van der Waals surface area (Å²) in [6.45, 7) is 0.448. The minimum absolute atomic E-state index is 0.174. The molecule has 122 valence electrons. The second-order valence-corrected chi connectivity index (χ2v) is 5.56. The summed E-state index contributed by atoms with van der Waals surface area (Å²) in [5.41, 5.74) is 6.04. The monoisotopic (exact) mass is 308 g/mol. The summed E-state index contributed by atoms with van der Waals surface area (Å²) >= 11 is 0. The Hall–Kier alpha value is -1.95. The van der Waals surface area contributed by atoms with Crippen LogP contribution in [-0.4, -0.2) is 39.3 Å². The molecule has 1 fully saturated rings. The molecule has 0 spiro atoms. The van der Waals surface area contributed by atoms with Crippen molar-refractivity contribution in [1.29, 1.82) is 0 Å². The number of methoxy groups -OCH3 is 3. The predicted molar refractivity (Wildman–Crippen MR) is 83.8 cm³/mol. The highest BCUT2D eigenvalue weighted by molar-refractivity contribution is 5.96. The van der Waals surface area contributed by atoms with E-state index in [1.165, 1.54) is 21.3 Å². The Morgan fingerprint density at radius 1 is 1.14 bits per heavy atom. The van der Waals surface area contributed by atoms with E-state index in [9.17, 15) is 4.79 Å². The van der Waals surface area contributed by atoms with Crippen LogP contribution in [0.1, 0.15) is 36.0 Å². The van der Waals surface area contributed by atoms with Gasteiger partial charge in [-0.1, -0.05) is 12.8 Å². The summed E-state index contributed by atoms with van der Waals surface area (Å²) in [4.78, 5) is 12.6. The highest BCUT2D eigenvalue weighted by atomic mass is 16.5. The SMILES string of the molecule is COc1cc(C(=O)NC2(CN)CCCC2)cc(OC)c1OC. The number of ether oxygens (including phenoxy) is 3. The summed E-state index contributed by atoms with van der Waals surface area (Å²) in [5, 5.41) is 3.08. The zero-order valence-corrected chi connectivity index (χ0v) is 13.4. The molecule has 0 aliphatic heterocycles. The van der Waals surface area contributed by atoms with Crippen LogP contribution < -0.4 is 25.3 Å². The van der Waals surface area contributed by atoms with E-state index in [2.05, 4.69) is 5.32 Å². The minimum Gasteiger partial charge on any atom is -0.493 e. The molecule has 0 bridgehead atoms. The Morgan fingerprint density at radius 2 is 1.68 bits per heavy atom. The van der Waals surface area contributed by atoms with E-state index in [0.717, 1.165) is 25.7 Å². The fourth-order valence-electron chi connectivity index (χ4n) is 2.96. The van der Waals surface area contributed by atoms with Gasteiger partial charge in [0.2, 0.25) is 5.75 Å². The molecular weight excluding hydrogens is 284 g/mol. The number of nitrogens with two attached hydrogens (primary N) is 1. The Kier molecular flexibility index (Phi) is 5.13. The van der Waals surface area contributed by atoms with Crippen LogP contribution in [0.15, 0.2) is 12.1 Å². The van der Waals surface area contributed by atoms with E-state index in [4.69, 9.17) is 19.9 Å². The van der Waals surface area contributed by atoms with Crippen LogP contribution in [0.25, 0.3) is 0 Å². The maximum atomic E-state index is 12.6. The normalized spacial score (nSPS) is 16.2. The molecule has 1 saturated carbocycles. The smallest absolute Gasteiger partial charge is 0.252 e. The van der Waals surface area contributed by atoms with Crippen molar-refractivity contribution in [3.05, 3.63) is 17.7 Å². The number of amides is 1. The molecule has 0 aromatic heterocycles. The van der Waals surface area contributed by atoms with Crippen molar-refractivity contribution in [2.75, 3.05) is 27.9 Å². The molecule has 1 aliphatic carbocycles. The second kappa shape index (κ2) is 6.87. The molecule has 22 heavy (non-hydrogen) atoms. The topological polar surface area (TPSA) is 82.8 Å². The molecule has 0 heterocycles. The summed E-state index contributed by atoms with van der Waals surface area (Å²) in [5.74, 6) is 1.21. The average molecular weight is 308 g/mol. The first-order valence-electron chi connectivity index (χ1n) is 7.41. The highest BCUT2D eigenvalue weighted by Gasteiger charge is 2.34. The third kappa shape index (κ3) is 3.11. The molecule has 0 atom stereocenters. The maximum Gasteiger partial charge on any atom is 0.252 e. The van der Waals surface area contributed by atoms with E-state index in [0.29, 0.717) is 29.4 Å². The molecule has 6 heteroatoms. The second-order valence-electron chi connectivity index (χ2n) is 5.56. The number of hydrogen-bond acceptors (Lipinski definition) is 5. The lowest BCUT2D eigenvalue weighted by Gasteiger charge is -2.29. The highest BCUT2D eigenvalue weighted by Crippen LogP contribution is 2.38. The van der Waals surface area contributed by atoms with Gasteiger partial charge in [-0.15, -0.1) is 0 Å². The quantitative estimate of drug-likeness (QED) is 0.836. The van der Waals surface area contributed by atoms with Crippen molar-refractivity contribution in [2.24, 2.45) is 5.73 Å². The Labute approximate surface area is 130 Å². The molecule has 2 rings (SSSR count). The molecule has 6 nitrogen and oxygen atoms in total. The van der Waals surface area contributed by atoms with Crippen LogP contribution in [0.2, 0.25) is 0 Å². The Balaban J connectivity index is 2.29. The van der Waals surface area contributed by atoms with Crippen molar-refractivity contribution in [1.82, 2.24) is 5.32 Å². The average Bonchev–Trinajstić information content (AvgIpc) is 3.02. The Morgan fingerprint density at radius 3 is 2.09 bits per heavy atom. The molecule has 1 aromatic rings. The molecule has 3 N–H and O–H groups in total. The lowest BCUT2D eigenvalue weighted by atomic mass is 9.97. The summed E-state index contributed by atoms with van der Waals surface area (Å²) in [7, 11) is 4.58. The molecule has 0 unspecified atom stereocenters. The molecule has 1 amide bonds. The fraction of sp³-hybridized carbons (Fsp3) is 0.562. The van der Waals surface area contributed by atoms with Crippen molar-refractivity contribution in [2.45, 2.75) is 31.2 Å². The van der Waals surface area contributed by atoms with Crippen LogP contribution in [0.5, 0.6) is 17.2 Å². The lowest BCUT2D eigenvalue weighted by molar-refractivity contribution is 0.0902. The van der Waals surface area contributed by atoms with Crippen LogP contribution in [0.4, 0.5) is 0 Å². The van der Waals surface area contributed by atoms with Gasteiger partial charge in [-0.2, -0.15) is 0 Å². The van der Waals surface area contributed by atoms with Crippen molar-refractivity contribution < 1.29 is 19.0 Å². The number of benzene rings is 1. The van der Waals surface area contributed by atoms with E-state index in [1.807, 2.05) is 0 Å². The third-order valence-electron chi connectivity index (χ3n) is 4.26. The summed E-state index contributed by atoms with van der Waals surface area (Å²) in [6, 6.07) is 3.30. The minimum atomic E-state index is -0.294. The van der Waals surface area contributed by atoms with Crippen LogP contribution in [0.3, 0.4) is 0 Å². The van der Waals surface area contributed by atoms with Crippen molar-refractivity contribution >= 4 is 5.91 Å². The van der Waals surface area contributed by atoms with Crippen molar-refractivity contribution in [3.63, 3.8) is 0 Å². The summed E-state index contributed by atoms with van der Waals surface area (Å²) in [6.07, 6.45) is 4.01. The van der Waals surface area contributed by atoms with E-state index in [1.54, 1.807) is 12.1 Å². The number of carbonyl (C=O) groups excluding carboxylic acids is 1. The standard InChI is InChI=1S/C16H24N2O4/c1-20-12-8-11(9-13(21-2)14(12)22-3)15(19)18-16(10-17)6-4-5-7-16/h8-9H,4-7,10,17H2,1-3H3,(H,18,19). The molecule has 1 aromatic carbocycles. The van der Waals surface area contributed by atoms with Gasteiger partial charge < -0.3 is 25.3 Å². The van der Waals surface area contributed by atoms with Crippen molar-refractivity contribution in [3.8, 4) is 17.2 Å². The zero-order valence-electron chi connectivity index (χ0n) is 13.4. The molecule has 0 saturated heterocycles. The first kappa shape index (κ1) is 16.4. The first-order chi connectivity index (χ1) is 10.6. The number of carbonyl (C=O) groups is 1. The first-order valence-corrected chi connectivity index (χ1v) is 7.41. The Bertz CT molecular complexity index is 514. The zero-order chi connectivity index (χ0) is 16.2. The molecular formula is C16H24N2O4. The number of rotatable bonds is 6. The lowest BCUT2D eigenvalue weighted by Crippen LogP contribution is -2.51. The van der Waals surface area contributed by atoms with Gasteiger partial charge in [0.05, 0.1) is 26.9 Å². The van der Waals surface area contributed by atoms with Gasteiger partial charge in [-0.3, -0.25) is 4.79 Å². The van der Waals surface area contributed by atoms with Gasteiger partial charge in [0.15, 0.2) is 11.5 Å². The predicted octanol–water partition coefficient (Wildman–Crippen LogP) is 1.71. The number of nitrogens with one attached hydrogen (secondary N) is 1. The van der Waals surface area contributed by atoms with Gasteiger partial charge in [-0.25, -0.2) is 0 Å². The summed E-state index contributed by atoms with van der Waals surface area (Å²) < 4.78 is 15.8. The van der Waals surface area contributed by atoms with Crippen LogP contribution >= 0.6 is 0 Å². The van der Waals surface area contributed by atoms with E-state index < -0.39 is 0 Å². The van der Waals surface area contributed by atoms with Crippen LogP contribution in [-0.2, 0) is 0 Å². The van der Waals surface area contributed by atoms with Gasteiger partial charge >= 0.3 is 0 Å². The maximum absolute atomic E-state index is 12.6. The largest absolute Gasteiger partial charge is 0.493 e. The van der Waals surface area contributed by atoms with E-state index >= 15 is 0 Å². The van der Waals surface area contributed by atoms with E-state index in [-0.39, 0.29) is 11.4 Å². The van der Waals surface area contributed by atoms with Gasteiger partial charge in [0, 0.05) is 12.1 Å². The third-order valence-corrected chi connectivity index (χ3v) is 4.26. The fourth-order valence-corrected chi connectivity index (χ4v) is 2.96. The van der Waals surface area contributed by atoms with Gasteiger partial charge in [0.25, 0.3) is 5.91 Å². The number of hydrogen-bond donors (Lipinski definition) is 2. The van der Waals surface area contributed by atoms with Gasteiger partial charge in [-0.05, 0) is 25.0 Å². The van der Waals surface area contributed by atoms with Crippen LogP contribution in [0, 0.1) is 0 Å². The van der Waals surface area contributed by atoms with Gasteiger partial charge in [0.1, 0.15) is 0 Å².